The summed E-state index contributed by atoms with van der Waals surface area (Å²) in [6, 6.07) is 3.73. The van der Waals surface area contributed by atoms with Gasteiger partial charge in [-0.25, -0.2) is 4.98 Å². The molecule has 0 aliphatic carbocycles. The zero-order valence-corrected chi connectivity index (χ0v) is 11.4. The van der Waals surface area contributed by atoms with Gasteiger partial charge in [0.25, 0.3) is 5.95 Å². The smallest absolute Gasteiger partial charge is 0.258 e. The third-order valence-electron chi connectivity index (χ3n) is 2.84. The maximum atomic E-state index is 5.76. The Morgan fingerprint density at radius 2 is 2.24 bits per heavy atom. The van der Waals surface area contributed by atoms with E-state index in [-0.39, 0.29) is 5.95 Å². The zero-order chi connectivity index (χ0) is 14.7. The molecule has 0 unspecified atom stereocenters. The molecule has 3 rings (SSSR count). The molecular formula is C12H14N8O. The number of anilines is 2. The first kappa shape index (κ1) is 13.0. The van der Waals surface area contributed by atoms with Crippen molar-refractivity contribution in [2.45, 2.75) is 13.5 Å². The van der Waals surface area contributed by atoms with Crippen molar-refractivity contribution in [3.63, 3.8) is 0 Å². The van der Waals surface area contributed by atoms with Crippen LogP contribution in [0.25, 0.3) is 5.95 Å². The van der Waals surface area contributed by atoms with Crippen LogP contribution in [-0.2, 0) is 6.54 Å². The van der Waals surface area contributed by atoms with Gasteiger partial charge in [-0.2, -0.15) is 24.7 Å². The molecule has 0 aliphatic rings. The minimum atomic E-state index is 0.128. The quantitative estimate of drug-likeness (QED) is 0.727. The highest BCUT2D eigenvalue weighted by Crippen LogP contribution is 2.14. The fraction of sp³-hybridized carbons (Fsp3) is 0.250. The van der Waals surface area contributed by atoms with Gasteiger partial charge in [-0.3, -0.25) is 0 Å². The molecule has 0 spiro atoms. The van der Waals surface area contributed by atoms with Gasteiger partial charge in [0.1, 0.15) is 18.4 Å². The minimum absolute atomic E-state index is 0.128. The highest BCUT2D eigenvalue weighted by molar-refractivity contribution is 5.37. The molecule has 9 heteroatoms. The fourth-order valence-electron chi connectivity index (χ4n) is 1.84. The van der Waals surface area contributed by atoms with Gasteiger partial charge in [0, 0.05) is 6.54 Å². The molecule has 0 saturated carbocycles. The van der Waals surface area contributed by atoms with Crippen molar-refractivity contribution in [2.75, 3.05) is 17.2 Å². The van der Waals surface area contributed by atoms with Gasteiger partial charge in [0.15, 0.2) is 0 Å². The summed E-state index contributed by atoms with van der Waals surface area (Å²) in [5.74, 6) is 1.74. The Morgan fingerprint density at radius 1 is 1.33 bits per heavy atom. The van der Waals surface area contributed by atoms with E-state index in [0.29, 0.717) is 25.0 Å². The highest BCUT2D eigenvalue weighted by atomic mass is 16.3. The lowest BCUT2D eigenvalue weighted by Crippen LogP contribution is -2.25. The SMILES string of the molecule is CCN(Cc1ccco1)c1nc(N)nc(-n2cncn2)n1. The Labute approximate surface area is 120 Å². The summed E-state index contributed by atoms with van der Waals surface area (Å²) in [6.07, 6.45) is 4.53. The van der Waals surface area contributed by atoms with E-state index in [4.69, 9.17) is 10.2 Å². The van der Waals surface area contributed by atoms with Crippen LogP contribution in [0.3, 0.4) is 0 Å². The molecule has 3 heterocycles. The molecule has 21 heavy (non-hydrogen) atoms. The number of hydrogen-bond acceptors (Lipinski definition) is 8. The van der Waals surface area contributed by atoms with Crippen molar-refractivity contribution >= 4 is 11.9 Å². The number of nitrogen functional groups attached to an aromatic ring is 1. The second kappa shape index (κ2) is 5.57. The van der Waals surface area contributed by atoms with Crippen LogP contribution in [-0.4, -0.2) is 36.3 Å². The first-order valence-electron chi connectivity index (χ1n) is 6.40. The molecule has 3 aromatic heterocycles. The van der Waals surface area contributed by atoms with Gasteiger partial charge in [-0.1, -0.05) is 0 Å². The van der Waals surface area contributed by atoms with Gasteiger partial charge < -0.3 is 15.1 Å². The average molecular weight is 286 g/mol. The van der Waals surface area contributed by atoms with Gasteiger partial charge in [0.05, 0.1) is 12.8 Å². The van der Waals surface area contributed by atoms with Crippen LogP contribution in [0.4, 0.5) is 11.9 Å². The van der Waals surface area contributed by atoms with Crippen LogP contribution in [0.5, 0.6) is 0 Å². The van der Waals surface area contributed by atoms with E-state index >= 15 is 0 Å². The van der Waals surface area contributed by atoms with Crippen molar-refractivity contribution in [1.82, 2.24) is 29.7 Å². The predicted molar refractivity (Wildman–Crippen MR) is 74.6 cm³/mol. The lowest BCUT2D eigenvalue weighted by molar-refractivity contribution is 0.501. The number of nitrogens with two attached hydrogens (primary N) is 1. The first-order valence-corrected chi connectivity index (χ1v) is 6.40. The second-order valence-corrected chi connectivity index (χ2v) is 4.23. The molecule has 0 saturated heterocycles. The average Bonchev–Trinajstić information content (AvgIpc) is 3.17. The maximum Gasteiger partial charge on any atom is 0.258 e. The molecule has 2 N–H and O–H groups in total. The van der Waals surface area contributed by atoms with Crippen LogP contribution in [0, 0.1) is 0 Å². The normalized spacial score (nSPS) is 10.7. The Hall–Kier alpha value is -2.97. The number of hydrogen-bond donors (Lipinski definition) is 1. The number of aromatic nitrogens is 6. The predicted octanol–water partition coefficient (Wildman–Crippen LogP) is 0.654. The van der Waals surface area contributed by atoms with Gasteiger partial charge in [0.2, 0.25) is 11.9 Å². The Balaban J connectivity index is 1.93. The summed E-state index contributed by atoms with van der Waals surface area (Å²) >= 11 is 0. The molecule has 9 nitrogen and oxygen atoms in total. The summed E-state index contributed by atoms with van der Waals surface area (Å²) < 4.78 is 6.78. The van der Waals surface area contributed by atoms with E-state index in [9.17, 15) is 0 Å². The third kappa shape index (κ3) is 2.81. The molecule has 108 valence electrons. The number of rotatable bonds is 5. The summed E-state index contributed by atoms with van der Waals surface area (Å²) in [4.78, 5) is 18.4. The zero-order valence-electron chi connectivity index (χ0n) is 11.4. The van der Waals surface area contributed by atoms with Crippen LogP contribution in [0.15, 0.2) is 35.5 Å². The molecule has 0 radical (unpaired) electrons. The third-order valence-corrected chi connectivity index (χ3v) is 2.84. The summed E-state index contributed by atoms with van der Waals surface area (Å²) in [6.45, 7) is 3.24. The van der Waals surface area contributed by atoms with Crippen molar-refractivity contribution < 1.29 is 4.42 Å². The van der Waals surface area contributed by atoms with E-state index in [1.165, 1.54) is 17.3 Å². The molecule has 0 amide bonds. The molecule has 3 aromatic rings. The summed E-state index contributed by atoms with van der Waals surface area (Å²) in [5, 5.41) is 3.99. The van der Waals surface area contributed by atoms with E-state index in [1.807, 2.05) is 24.0 Å². The van der Waals surface area contributed by atoms with Crippen molar-refractivity contribution in [3.05, 3.63) is 36.8 Å². The molecule has 0 bridgehead atoms. The van der Waals surface area contributed by atoms with E-state index < -0.39 is 0 Å². The first-order chi connectivity index (χ1) is 10.3. The van der Waals surface area contributed by atoms with E-state index in [0.717, 1.165) is 5.76 Å². The van der Waals surface area contributed by atoms with Crippen molar-refractivity contribution in [2.24, 2.45) is 0 Å². The lowest BCUT2D eigenvalue weighted by Gasteiger charge is -2.19. The topological polar surface area (TPSA) is 112 Å². The molecule has 0 aliphatic heterocycles. The lowest BCUT2D eigenvalue weighted by atomic mass is 10.4. The van der Waals surface area contributed by atoms with Gasteiger partial charge in [-0.05, 0) is 19.1 Å². The van der Waals surface area contributed by atoms with Gasteiger partial charge >= 0.3 is 0 Å². The van der Waals surface area contributed by atoms with Crippen molar-refractivity contribution in [3.8, 4) is 5.95 Å². The molecule has 0 atom stereocenters. The van der Waals surface area contributed by atoms with E-state index in [1.54, 1.807) is 6.26 Å². The Morgan fingerprint density at radius 3 is 2.90 bits per heavy atom. The number of nitrogens with zero attached hydrogens (tertiary/aromatic N) is 7. The second-order valence-electron chi connectivity index (χ2n) is 4.23. The Kier molecular flexibility index (Phi) is 3.46. The highest BCUT2D eigenvalue weighted by Gasteiger charge is 2.14. The number of furan rings is 1. The standard InChI is InChI=1S/C12H14N8O/c1-2-19(6-9-4-3-5-21-9)11-16-10(13)17-12(18-11)20-8-14-7-15-20/h3-5,7-8H,2,6H2,1H3,(H2,13,16,17,18). The monoisotopic (exact) mass is 286 g/mol. The van der Waals surface area contributed by atoms with E-state index in [2.05, 4.69) is 25.0 Å². The summed E-state index contributed by atoms with van der Waals surface area (Å²) in [7, 11) is 0. The maximum absolute atomic E-state index is 5.76. The van der Waals surface area contributed by atoms with Gasteiger partial charge in [-0.15, -0.1) is 0 Å². The minimum Gasteiger partial charge on any atom is -0.467 e. The summed E-state index contributed by atoms with van der Waals surface area (Å²) in [5.41, 5.74) is 5.76. The molecule has 0 fully saturated rings. The van der Waals surface area contributed by atoms with Crippen molar-refractivity contribution in [1.29, 1.82) is 0 Å². The largest absolute Gasteiger partial charge is 0.467 e. The van der Waals surface area contributed by atoms with Crippen LogP contribution in [0.2, 0.25) is 0 Å². The van der Waals surface area contributed by atoms with Crippen LogP contribution in [0.1, 0.15) is 12.7 Å². The molecular weight excluding hydrogens is 272 g/mol. The Bertz CT molecular complexity index is 694. The molecule has 0 aromatic carbocycles. The van der Waals surface area contributed by atoms with Crippen LogP contribution < -0.4 is 10.6 Å². The fourth-order valence-corrected chi connectivity index (χ4v) is 1.84. The van der Waals surface area contributed by atoms with Crippen LogP contribution >= 0.6 is 0 Å².